The van der Waals surface area contributed by atoms with Gasteiger partial charge in [0.05, 0.1) is 17.5 Å². The van der Waals surface area contributed by atoms with Gasteiger partial charge in [-0.15, -0.1) is 0 Å². The quantitative estimate of drug-likeness (QED) is 0.505. The average Bonchev–Trinajstić information content (AvgIpc) is 3.43. The largest absolute Gasteiger partial charge is 0.481 e. The molecule has 0 aliphatic carbocycles. The van der Waals surface area contributed by atoms with Gasteiger partial charge in [0.15, 0.2) is 0 Å². The Morgan fingerprint density at radius 1 is 1.26 bits per heavy atom. The normalized spacial score (nSPS) is 16.0. The Hall–Kier alpha value is -3.69. The van der Waals surface area contributed by atoms with Crippen LogP contribution in [0.1, 0.15) is 30.1 Å². The van der Waals surface area contributed by atoms with E-state index in [9.17, 15) is 23.1 Å². The molecule has 0 saturated heterocycles. The first-order chi connectivity index (χ1) is 14.8. The van der Waals surface area contributed by atoms with Crippen molar-refractivity contribution in [2.24, 2.45) is 0 Å². The van der Waals surface area contributed by atoms with Gasteiger partial charge in [-0.3, -0.25) is 9.78 Å². The zero-order valence-electron chi connectivity index (χ0n) is 15.9. The number of hydrogen-bond acceptors (Lipinski definition) is 5. The summed E-state index contributed by atoms with van der Waals surface area (Å²) in [6, 6.07) is 8.15. The van der Waals surface area contributed by atoms with Crippen LogP contribution in [0.15, 0.2) is 47.2 Å². The number of carboxylic acid groups (broad SMARTS) is 1. The number of halogens is 3. The van der Waals surface area contributed by atoms with Crippen molar-refractivity contribution in [2.45, 2.75) is 31.5 Å². The number of alkyl halides is 3. The number of carbonyl (C=O) groups is 1. The molecule has 1 aliphatic heterocycles. The molecule has 0 bridgehead atoms. The van der Waals surface area contributed by atoms with Crippen molar-refractivity contribution in [2.75, 3.05) is 0 Å². The summed E-state index contributed by atoms with van der Waals surface area (Å²) in [5.74, 6) is -1.01. The molecule has 0 amide bonds. The number of aromatic nitrogens is 4. The summed E-state index contributed by atoms with van der Waals surface area (Å²) in [5.41, 5.74) is 1.24. The second-order valence-corrected chi connectivity index (χ2v) is 7.41. The predicted octanol–water partition coefficient (Wildman–Crippen LogP) is 4.73. The molecule has 0 saturated carbocycles. The maximum Gasteiger partial charge on any atom is 0.417 e. The molecule has 4 aromatic rings. The zero-order chi connectivity index (χ0) is 21.8. The third kappa shape index (κ3) is 3.33. The van der Waals surface area contributed by atoms with Crippen LogP contribution in [0, 0.1) is 0 Å². The fraction of sp³-hybridized carbons (Fsp3) is 0.238. The van der Waals surface area contributed by atoms with E-state index in [2.05, 4.69) is 15.1 Å². The number of nitrogens with zero attached hydrogens (tertiary/aromatic N) is 4. The van der Waals surface area contributed by atoms with E-state index in [0.29, 0.717) is 5.56 Å². The lowest BCUT2D eigenvalue weighted by molar-refractivity contribution is -0.138. The van der Waals surface area contributed by atoms with E-state index in [0.717, 1.165) is 47.9 Å². The number of rotatable bonds is 4. The first-order valence-electron chi connectivity index (χ1n) is 9.52. The van der Waals surface area contributed by atoms with Crippen LogP contribution in [0.25, 0.3) is 33.7 Å². The fourth-order valence-electron chi connectivity index (χ4n) is 4.14. The fourth-order valence-corrected chi connectivity index (χ4v) is 4.14. The van der Waals surface area contributed by atoms with Crippen LogP contribution in [0.2, 0.25) is 0 Å². The van der Waals surface area contributed by atoms with Crippen molar-refractivity contribution in [3.05, 3.63) is 54.0 Å². The molecule has 1 aromatic carbocycles. The summed E-state index contributed by atoms with van der Waals surface area (Å²) in [4.78, 5) is 19.1. The van der Waals surface area contributed by atoms with Crippen LogP contribution in [-0.2, 0) is 17.4 Å². The minimum absolute atomic E-state index is 0.0224. The first kappa shape index (κ1) is 19.3. The monoisotopic (exact) mass is 428 g/mol. The number of aliphatic carboxylic acids is 1. The van der Waals surface area contributed by atoms with E-state index < -0.39 is 17.7 Å². The summed E-state index contributed by atoms with van der Waals surface area (Å²) >= 11 is 0. The van der Waals surface area contributed by atoms with Crippen LogP contribution in [0.5, 0.6) is 0 Å². The first-order valence-corrected chi connectivity index (χ1v) is 9.52. The lowest BCUT2D eigenvalue weighted by Crippen LogP contribution is -2.09. The number of pyridine rings is 1. The topological polar surface area (TPSA) is 94.0 Å². The number of fused-ring (bicyclic) bond motifs is 3. The van der Waals surface area contributed by atoms with Gasteiger partial charge in [-0.1, -0.05) is 17.3 Å². The van der Waals surface area contributed by atoms with Gasteiger partial charge in [0.2, 0.25) is 5.82 Å². The van der Waals surface area contributed by atoms with Gasteiger partial charge in [-0.2, -0.15) is 18.2 Å². The SMILES string of the molecule is O=C(O)CC1CCc2cc3ccc(-c4noc(-c5cnccc5C(F)(F)F)n4)cc3n21. The average molecular weight is 428 g/mol. The van der Waals surface area contributed by atoms with Crippen LogP contribution in [0.4, 0.5) is 13.2 Å². The molecular formula is C21H15F3N4O3. The molecule has 1 N–H and O–H groups in total. The molecule has 4 heterocycles. The number of carboxylic acids is 1. The summed E-state index contributed by atoms with van der Waals surface area (Å²) in [6.45, 7) is 0. The third-order valence-electron chi connectivity index (χ3n) is 5.47. The molecule has 0 spiro atoms. The summed E-state index contributed by atoms with van der Waals surface area (Å²) in [7, 11) is 0. The summed E-state index contributed by atoms with van der Waals surface area (Å²) in [6.07, 6.45) is -0.936. The van der Waals surface area contributed by atoms with Crippen LogP contribution in [0.3, 0.4) is 0 Å². The molecule has 1 aliphatic rings. The highest BCUT2D eigenvalue weighted by molar-refractivity contribution is 5.86. The molecule has 1 atom stereocenters. The smallest absolute Gasteiger partial charge is 0.417 e. The molecule has 31 heavy (non-hydrogen) atoms. The molecule has 7 nitrogen and oxygen atoms in total. The van der Waals surface area contributed by atoms with Crippen molar-refractivity contribution in [1.29, 1.82) is 0 Å². The van der Waals surface area contributed by atoms with Gasteiger partial charge in [0.25, 0.3) is 5.89 Å². The minimum Gasteiger partial charge on any atom is -0.481 e. The number of benzene rings is 1. The highest BCUT2D eigenvalue weighted by Crippen LogP contribution is 2.38. The molecule has 3 aromatic heterocycles. The Labute approximate surface area is 173 Å². The Bertz CT molecular complexity index is 1310. The van der Waals surface area contributed by atoms with Crippen LogP contribution < -0.4 is 0 Å². The highest BCUT2D eigenvalue weighted by Gasteiger charge is 2.35. The van der Waals surface area contributed by atoms with Gasteiger partial charge < -0.3 is 14.2 Å². The Balaban J connectivity index is 1.55. The van der Waals surface area contributed by atoms with Crippen molar-refractivity contribution < 1.29 is 27.6 Å². The van der Waals surface area contributed by atoms with Gasteiger partial charge in [-0.05, 0) is 36.4 Å². The zero-order valence-corrected chi connectivity index (χ0v) is 15.9. The Kier molecular flexibility index (Phi) is 4.31. The Morgan fingerprint density at radius 3 is 2.87 bits per heavy atom. The Morgan fingerprint density at radius 2 is 2.10 bits per heavy atom. The summed E-state index contributed by atoms with van der Waals surface area (Å²) in [5, 5.41) is 14.0. The van der Waals surface area contributed by atoms with Crippen molar-refractivity contribution in [1.82, 2.24) is 19.7 Å². The van der Waals surface area contributed by atoms with Crippen LogP contribution in [-0.4, -0.2) is 30.8 Å². The van der Waals surface area contributed by atoms with Gasteiger partial charge in [-0.25, -0.2) is 0 Å². The molecular weight excluding hydrogens is 413 g/mol. The van der Waals surface area contributed by atoms with Crippen LogP contribution >= 0.6 is 0 Å². The molecule has 0 radical (unpaired) electrons. The van der Waals surface area contributed by atoms with Gasteiger partial charge >= 0.3 is 12.1 Å². The van der Waals surface area contributed by atoms with E-state index >= 15 is 0 Å². The lowest BCUT2D eigenvalue weighted by Gasteiger charge is -2.13. The van der Waals surface area contributed by atoms with Gasteiger partial charge in [0.1, 0.15) is 0 Å². The second kappa shape index (κ2) is 6.93. The van der Waals surface area contributed by atoms with Gasteiger partial charge in [0, 0.05) is 35.2 Å². The molecule has 1 unspecified atom stereocenters. The molecule has 10 heteroatoms. The van der Waals surface area contributed by atoms with E-state index in [4.69, 9.17) is 4.52 Å². The standard InChI is InChI=1S/C21H15F3N4O3/c22-21(23,24)16-5-6-25-10-15(16)20-26-19(27-31-20)12-2-1-11-7-13-3-4-14(9-18(29)30)28(13)17(11)8-12/h1-2,5-8,10,14H,3-4,9H2,(H,29,30). The highest BCUT2D eigenvalue weighted by atomic mass is 19.4. The van der Waals surface area contributed by atoms with Crippen molar-refractivity contribution >= 4 is 16.9 Å². The predicted molar refractivity (Wildman–Crippen MR) is 103 cm³/mol. The second-order valence-electron chi connectivity index (χ2n) is 7.41. The molecule has 158 valence electrons. The molecule has 0 fully saturated rings. The van der Waals surface area contributed by atoms with Crippen molar-refractivity contribution in [3.63, 3.8) is 0 Å². The van der Waals surface area contributed by atoms with Crippen molar-refractivity contribution in [3.8, 4) is 22.8 Å². The lowest BCUT2D eigenvalue weighted by atomic mass is 10.1. The summed E-state index contributed by atoms with van der Waals surface area (Å²) < 4.78 is 47.0. The number of hydrogen-bond donors (Lipinski definition) is 1. The van der Waals surface area contributed by atoms with E-state index in [1.54, 1.807) is 6.07 Å². The number of aryl methyl sites for hydroxylation is 1. The third-order valence-corrected chi connectivity index (χ3v) is 5.47. The maximum absolute atomic E-state index is 13.3. The maximum atomic E-state index is 13.3. The molecule has 5 rings (SSSR count). The van der Waals surface area contributed by atoms with E-state index in [1.165, 1.54) is 0 Å². The van der Waals surface area contributed by atoms with E-state index in [1.807, 2.05) is 22.8 Å². The van der Waals surface area contributed by atoms with E-state index in [-0.39, 0.29) is 29.7 Å². The minimum atomic E-state index is -4.59.